The van der Waals surface area contributed by atoms with Gasteiger partial charge in [0.15, 0.2) is 0 Å². The molecule has 1 N–H and O–H groups in total. The Kier molecular flexibility index (Phi) is 7.54. The molecule has 0 heterocycles. The largest absolute Gasteiger partial charge is 0.464 e. The van der Waals surface area contributed by atoms with Gasteiger partial charge in [-0.1, -0.05) is 48.5 Å². The van der Waals surface area contributed by atoms with Gasteiger partial charge >= 0.3 is 5.97 Å². The number of nitrogens with one attached hydrogen (secondary N) is 1. The van der Waals surface area contributed by atoms with Gasteiger partial charge in [-0.05, 0) is 42.5 Å². The Balaban J connectivity index is 2.23. The summed E-state index contributed by atoms with van der Waals surface area (Å²) in [5.41, 5.74) is 2.35. The number of ether oxygens (including phenoxy) is 1. The first-order chi connectivity index (χ1) is 12.2. The molecule has 0 aliphatic carbocycles. The fraction of sp³-hybridized carbons (Fsp3) is 0.300. The zero-order chi connectivity index (χ0) is 18.1. The Hall–Kier alpha value is -2.27. The predicted octanol–water partition coefficient (Wildman–Crippen LogP) is 3.77. The maximum Gasteiger partial charge on any atom is 0.328 e. The van der Waals surface area contributed by atoms with Crippen molar-refractivity contribution in [2.24, 2.45) is 0 Å². The Bertz CT molecular complexity index is 703. The highest BCUT2D eigenvalue weighted by molar-refractivity contribution is 7.98. The van der Waals surface area contributed by atoms with E-state index < -0.39 is 6.04 Å². The van der Waals surface area contributed by atoms with Crippen LogP contribution >= 0.6 is 11.8 Å². The number of rotatable bonds is 8. The zero-order valence-electron chi connectivity index (χ0n) is 14.5. The number of benzene rings is 2. The molecule has 2 aromatic rings. The summed E-state index contributed by atoms with van der Waals surface area (Å²) in [5.74, 6) is 0.116. The summed E-state index contributed by atoms with van der Waals surface area (Å²) >= 11 is 1.63. The van der Waals surface area contributed by atoms with Gasteiger partial charge in [-0.25, -0.2) is 4.79 Å². The van der Waals surface area contributed by atoms with Crippen LogP contribution in [0.2, 0.25) is 0 Å². The molecular formula is C20H23NO3S. The number of esters is 1. The van der Waals surface area contributed by atoms with Gasteiger partial charge in [-0.3, -0.25) is 4.79 Å². The van der Waals surface area contributed by atoms with Crippen molar-refractivity contribution in [3.05, 3.63) is 60.2 Å². The summed E-state index contributed by atoms with van der Waals surface area (Å²) in [6, 6.07) is 16.5. The molecule has 1 atom stereocenters. The van der Waals surface area contributed by atoms with E-state index in [1.807, 2.05) is 54.8 Å². The number of thioether (sulfide) groups is 1. The molecule has 0 bridgehead atoms. The molecule has 1 amide bonds. The average molecular weight is 357 g/mol. The van der Waals surface area contributed by atoms with Gasteiger partial charge in [0.2, 0.25) is 0 Å². The Labute approximate surface area is 153 Å². The number of carbonyl (C=O) groups excluding carboxylic acids is 2. The highest BCUT2D eigenvalue weighted by Gasteiger charge is 2.23. The molecule has 0 spiro atoms. The average Bonchev–Trinajstić information content (AvgIpc) is 2.65. The minimum atomic E-state index is -0.635. The standard InChI is InChI=1S/C20H23NO3S/c1-3-24-20(23)18(13-14-25-2)21-19(22)17-12-8-7-11-16(17)15-9-5-4-6-10-15/h4-12,18H,3,13-14H2,1-2H3,(H,21,22)/t18-/m0/s1. The van der Waals surface area contributed by atoms with E-state index in [9.17, 15) is 9.59 Å². The normalized spacial score (nSPS) is 11.6. The van der Waals surface area contributed by atoms with Crippen molar-refractivity contribution in [1.29, 1.82) is 0 Å². The van der Waals surface area contributed by atoms with E-state index in [1.54, 1.807) is 24.8 Å². The minimum Gasteiger partial charge on any atom is -0.464 e. The molecule has 0 saturated carbocycles. The topological polar surface area (TPSA) is 55.4 Å². The van der Waals surface area contributed by atoms with Crippen molar-refractivity contribution in [2.75, 3.05) is 18.6 Å². The molecule has 0 aromatic heterocycles. The molecule has 25 heavy (non-hydrogen) atoms. The van der Waals surface area contributed by atoms with Crippen LogP contribution < -0.4 is 5.32 Å². The van der Waals surface area contributed by atoms with E-state index in [0.717, 1.165) is 16.9 Å². The molecule has 4 nitrogen and oxygen atoms in total. The maximum absolute atomic E-state index is 12.8. The third-order valence-electron chi connectivity index (χ3n) is 3.74. The predicted molar refractivity (Wildman–Crippen MR) is 103 cm³/mol. The lowest BCUT2D eigenvalue weighted by Crippen LogP contribution is -2.42. The molecule has 0 unspecified atom stereocenters. The van der Waals surface area contributed by atoms with Crippen LogP contribution in [0.1, 0.15) is 23.7 Å². The molecule has 0 radical (unpaired) electrons. The van der Waals surface area contributed by atoms with E-state index in [-0.39, 0.29) is 11.9 Å². The minimum absolute atomic E-state index is 0.265. The third-order valence-corrected chi connectivity index (χ3v) is 4.39. The first-order valence-electron chi connectivity index (χ1n) is 8.28. The first-order valence-corrected chi connectivity index (χ1v) is 9.67. The number of hydrogen-bond donors (Lipinski definition) is 1. The molecular weight excluding hydrogens is 334 g/mol. The van der Waals surface area contributed by atoms with Crippen molar-refractivity contribution in [2.45, 2.75) is 19.4 Å². The maximum atomic E-state index is 12.8. The fourth-order valence-electron chi connectivity index (χ4n) is 2.51. The summed E-state index contributed by atoms with van der Waals surface area (Å²) in [6.45, 7) is 2.06. The smallest absolute Gasteiger partial charge is 0.328 e. The number of amides is 1. The molecule has 2 aromatic carbocycles. The summed E-state index contributed by atoms with van der Waals surface area (Å²) in [4.78, 5) is 24.9. The van der Waals surface area contributed by atoms with Gasteiger partial charge < -0.3 is 10.1 Å². The lowest BCUT2D eigenvalue weighted by molar-refractivity contribution is -0.145. The molecule has 132 valence electrons. The van der Waals surface area contributed by atoms with E-state index in [4.69, 9.17) is 4.74 Å². The first kappa shape index (κ1) is 19.1. The zero-order valence-corrected chi connectivity index (χ0v) is 15.3. The van der Waals surface area contributed by atoms with Crippen molar-refractivity contribution < 1.29 is 14.3 Å². The second-order valence-electron chi connectivity index (χ2n) is 5.47. The van der Waals surface area contributed by atoms with Crippen molar-refractivity contribution in [3.63, 3.8) is 0 Å². The molecule has 0 saturated heterocycles. The molecule has 5 heteroatoms. The van der Waals surface area contributed by atoms with Gasteiger partial charge in [-0.2, -0.15) is 11.8 Å². The van der Waals surface area contributed by atoms with E-state index >= 15 is 0 Å². The number of carbonyl (C=O) groups is 2. The van der Waals surface area contributed by atoms with Crippen LogP contribution in [0, 0.1) is 0 Å². The van der Waals surface area contributed by atoms with Crippen LogP contribution in [-0.4, -0.2) is 36.5 Å². The lowest BCUT2D eigenvalue weighted by atomic mass is 9.99. The van der Waals surface area contributed by atoms with Crippen LogP contribution in [0.15, 0.2) is 54.6 Å². The van der Waals surface area contributed by atoms with Gasteiger partial charge in [0.1, 0.15) is 6.04 Å². The molecule has 0 aliphatic heterocycles. The highest BCUT2D eigenvalue weighted by atomic mass is 32.2. The van der Waals surface area contributed by atoms with Gasteiger partial charge in [0, 0.05) is 5.56 Å². The SMILES string of the molecule is CCOC(=O)[C@H](CCSC)NC(=O)c1ccccc1-c1ccccc1. The highest BCUT2D eigenvalue weighted by Crippen LogP contribution is 2.23. The number of hydrogen-bond acceptors (Lipinski definition) is 4. The van der Waals surface area contributed by atoms with Crippen molar-refractivity contribution in [3.8, 4) is 11.1 Å². The molecule has 2 rings (SSSR count). The van der Waals surface area contributed by atoms with E-state index in [0.29, 0.717) is 18.6 Å². The second-order valence-corrected chi connectivity index (χ2v) is 6.46. The van der Waals surface area contributed by atoms with Crippen molar-refractivity contribution in [1.82, 2.24) is 5.32 Å². The van der Waals surface area contributed by atoms with Crippen LogP contribution in [-0.2, 0) is 9.53 Å². The Morgan fingerprint density at radius 3 is 2.44 bits per heavy atom. The van der Waals surface area contributed by atoms with Crippen LogP contribution in [0.3, 0.4) is 0 Å². The monoisotopic (exact) mass is 357 g/mol. The molecule has 0 fully saturated rings. The van der Waals surface area contributed by atoms with Crippen molar-refractivity contribution >= 4 is 23.6 Å². The summed E-state index contributed by atoms with van der Waals surface area (Å²) in [5, 5.41) is 2.84. The summed E-state index contributed by atoms with van der Waals surface area (Å²) in [6.07, 6.45) is 2.51. The fourth-order valence-corrected chi connectivity index (χ4v) is 2.99. The lowest BCUT2D eigenvalue weighted by Gasteiger charge is -2.18. The quantitative estimate of drug-likeness (QED) is 0.731. The van der Waals surface area contributed by atoms with E-state index in [2.05, 4.69) is 5.32 Å². The Morgan fingerprint density at radius 1 is 1.08 bits per heavy atom. The third kappa shape index (κ3) is 5.36. The van der Waals surface area contributed by atoms with Crippen LogP contribution in [0.25, 0.3) is 11.1 Å². The second kappa shape index (κ2) is 9.89. The summed E-state index contributed by atoms with van der Waals surface area (Å²) < 4.78 is 5.09. The van der Waals surface area contributed by atoms with Crippen LogP contribution in [0.5, 0.6) is 0 Å². The van der Waals surface area contributed by atoms with Gasteiger partial charge in [0.05, 0.1) is 6.61 Å². The summed E-state index contributed by atoms with van der Waals surface area (Å²) in [7, 11) is 0. The molecule has 0 aliphatic rings. The van der Waals surface area contributed by atoms with Gasteiger partial charge in [-0.15, -0.1) is 0 Å². The van der Waals surface area contributed by atoms with Crippen LogP contribution in [0.4, 0.5) is 0 Å². The van der Waals surface area contributed by atoms with Gasteiger partial charge in [0.25, 0.3) is 5.91 Å². The van der Waals surface area contributed by atoms with E-state index in [1.165, 1.54) is 0 Å². The Morgan fingerprint density at radius 2 is 1.76 bits per heavy atom.